The number of hydrogen-bond donors (Lipinski definition) is 2. The van der Waals surface area contributed by atoms with E-state index in [1.165, 1.54) is 0 Å². The molecule has 0 unspecified atom stereocenters. The van der Waals surface area contributed by atoms with Gasteiger partial charge >= 0.3 is 0 Å². The molecule has 0 radical (unpaired) electrons. The van der Waals surface area contributed by atoms with E-state index in [0.29, 0.717) is 12.1 Å². The highest BCUT2D eigenvalue weighted by molar-refractivity contribution is 5.94. The van der Waals surface area contributed by atoms with E-state index in [1.54, 1.807) is 18.3 Å². The van der Waals surface area contributed by atoms with Crippen molar-refractivity contribution in [2.75, 3.05) is 39.0 Å². The Kier molecular flexibility index (Phi) is 5.95. The van der Waals surface area contributed by atoms with Gasteiger partial charge in [-0.1, -0.05) is 13.8 Å². The van der Waals surface area contributed by atoms with Crippen molar-refractivity contribution in [3.8, 4) is 0 Å². The SMILES string of the molecule is CCNc1cc(C(=O)NCC(C)(C)CN(C)C)ccn1. The van der Waals surface area contributed by atoms with Crippen LogP contribution in [0.4, 0.5) is 5.82 Å². The number of amides is 1. The second-order valence-electron chi connectivity index (χ2n) is 6.04. The third-order valence-corrected chi connectivity index (χ3v) is 2.85. The first-order chi connectivity index (χ1) is 9.34. The first kappa shape index (κ1) is 16.4. The second kappa shape index (κ2) is 7.24. The largest absolute Gasteiger partial charge is 0.370 e. The number of hydrogen-bond acceptors (Lipinski definition) is 4. The summed E-state index contributed by atoms with van der Waals surface area (Å²) in [4.78, 5) is 18.4. The lowest BCUT2D eigenvalue weighted by atomic mass is 9.93. The second-order valence-corrected chi connectivity index (χ2v) is 6.04. The van der Waals surface area contributed by atoms with Gasteiger partial charge in [0.2, 0.25) is 0 Å². The minimum absolute atomic E-state index is 0.0384. The molecule has 0 saturated heterocycles. The molecule has 0 fully saturated rings. The van der Waals surface area contributed by atoms with Gasteiger partial charge in [-0.25, -0.2) is 4.98 Å². The Balaban J connectivity index is 2.60. The van der Waals surface area contributed by atoms with Crippen LogP contribution in [-0.4, -0.2) is 49.5 Å². The summed E-state index contributed by atoms with van der Waals surface area (Å²) >= 11 is 0. The van der Waals surface area contributed by atoms with E-state index in [2.05, 4.69) is 34.4 Å². The Morgan fingerprint density at radius 2 is 2.10 bits per heavy atom. The Bertz CT molecular complexity index is 443. The maximum absolute atomic E-state index is 12.2. The molecule has 1 aromatic heterocycles. The fourth-order valence-corrected chi connectivity index (χ4v) is 2.18. The highest BCUT2D eigenvalue weighted by Crippen LogP contribution is 2.15. The smallest absolute Gasteiger partial charge is 0.251 e. The average molecular weight is 278 g/mol. The Hall–Kier alpha value is -1.62. The first-order valence-corrected chi connectivity index (χ1v) is 6.97. The van der Waals surface area contributed by atoms with Crippen LogP contribution in [0.1, 0.15) is 31.1 Å². The van der Waals surface area contributed by atoms with E-state index >= 15 is 0 Å². The molecule has 20 heavy (non-hydrogen) atoms. The number of anilines is 1. The Morgan fingerprint density at radius 1 is 1.40 bits per heavy atom. The highest BCUT2D eigenvalue weighted by atomic mass is 16.1. The molecule has 0 spiro atoms. The van der Waals surface area contributed by atoms with Gasteiger partial charge < -0.3 is 15.5 Å². The molecule has 1 rings (SSSR count). The molecular weight excluding hydrogens is 252 g/mol. The number of aromatic nitrogens is 1. The van der Waals surface area contributed by atoms with E-state index in [0.717, 1.165) is 18.9 Å². The zero-order valence-electron chi connectivity index (χ0n) is 13.2. The van der Waals surface area contributed by atoms with Crippen molar-refractivity contribution < 1.29 is 4.79 Å². The van der Waals surface area contributed by atoms with Crippen molar-refractivity contribution in [1.82, 2.24) is 15.2 Å². The van der Waals surface area contributed by atoms with Crippen LogP contribution in [0, 0.1) is 5.41 Å². The Morgan fingerprint density at radius 3 is 2.70 bits per heavy atom. The minimum Gasteiger partial charge on any atom is -0.370 e. The van der Waals surface area contributed by atoms with Crippen LogP contribution in [0.2, 0.25) is 0 Å². The predicted octanol–water partition coefficient (Wildman–Crippen LogP) is 1.83. The highest BCUT2D eigenvalue weighted by Gasteiger charge is 2.20. The molecule has 5 heteroatoms. The fourth-order valence-electron chi connectivity index (χ4n) is 2.18. The number of pyridine rings is 1. The topological polar surface area (TPSA) is 57.3 Å². The predicted molar refractivity (Wildman–Crippen MR) is 83.1 cm³/mol. The van der Waals surface area contributed by atoms with E-state index in [1.807, 2.05) is 21.0 Å². The molecule has 1 aromatic rings. The zero-order valence-corrected chi connectivity index (χ0v) is 13.2. The molecule has 0 aliphatic rings. The third kappa shape index (κ3) is 5.57. The quantitative estimate of drug-likeness (QED) is 0.799. The fraction of sp³-hybridized carbons (Fsp3) is 0.600. The van der Waals surface area contributed by atoms with E-state index in [9.17, 15) is 4.79 Å². The summed E-state index contributed by atoms with van der Waals surface area (Å²) in [5.74, 6) is 0.672. The molecule has 0 aliphatic heterocycles. The standard InChI is InChI=1S/C15H26N4O/c1-6-16-13-9-12(7-8-17-13)14(20)18-10-15(2,3)11-19(4)5/h7-9H,6,10-11H2,1-5H3,(H,16,17)(H,18,20). The van der Waals surface area contributed by atoms with Crippen molar-refractivity contribution in [2.45, 2.75) is 20.8 Å². The van der Waals surface area contributed by atoms with Gasteiger partial charge in [0.25, 0.3) is 5.91 Å². The Labute approximate surface area is 121 Å². The van der Waals surface area contributed by atoms with Crippen LogP contribution >= 0.6 is 0 Å². The maximum atomic E-state index is 12.2. The number of carbonyl (C=O) groups is 1. The van der Waals surface area contributed by atoms with Crippen LogP contribution in [-0.2, 0) is 0 Å². The van der Waals surface area contributed by atoms with Crippen LogP contribution in [0.15, 0.2) is 18.3 Å². The maximum Gasteiger partial charge on any atom is 0.251 e. The van der Waals surface area contributed by atoms with Crippen LogP contribution in [0.25, 0.3) is 0 Å². The average Bonchev–Trinajstić information content (AvgIpc) is 2.35. The van der Waals surface area contributed by atoms with Gasteiger partial charge in [-0.05, 0) is 38.6 Å². The van der Waals surface area contributed by atoms with Gasteiger partial charge in [-0.3, -0.25) is 4.79 Å². The summed E-state index contributed by atoms with van der Waals surface area (Å²) in [6.07, 6.45) is 1.65. The van der Waals surface area contributed by atoms with Gasteiger partial charge in [0, 0.05) is 31.4 Å². The summed E-state index contributed by atoms with van der Waals surface area (Å²) in [5, 5.41) is 6.10. The van der Waals surface area contributed by atoms with E-state index < -0.39 is 0 Å². The van der Waals surface area contributed by atoms with Gasteiger partial charge in [0.15, 0.2) is 0 Å². The molecule has 0 aliphatic carbocycles. The van der Waals surface area contributed by atoms with Crippen LogP contribution in [0.5, 0.6) is 0 Å². The number of nitrogens with one attached hydrogen (secondary N) is 2. The van der Waals surface area contributed by atoms with Gasteiger partial charge in [0.05, 0.1) is 0 Å². The lowest BCUT2D eigenvalue weighted by molar-refractivity contribution is 0.0929. The van der Waals surface area contributed by atoms with Crippen molar-refractivity contribution in [2.24, 2.45) is 5.41 Å². The number of carbonyl (C=O) groups excluding carboxylic acids is 1. The molecule has 1 amide bonds. The molecule has 0 bridgehead atoms. The third-order valence-electron chi connectivity index (χ3n) is 2.85. The molecule has 2 N–H and O–H groups in total. The summed E-state index contributed by atoms with van der Waals surface area (Å²) in [5.41, 5.74) is 0.674. The minimum atomic E-state index is -0.0571. The normalized spacial score (nSPS) is 11.5. The van der Waals surface area contributed by atoms with Crippen molar-refractivity contribution in [3.05, 3.63) is 23.9 Å². The van der Waals surface area contributed by atoms with Crippen LogP contribution in [0.3, 0.4) is 0 Å². The van der Waals surface area contributed by atoms with Crippen molar-refractivity contribution in [3.63, 3.8) is 0 Å². The van der Waals surface area contributed by atoms with Crippen molar-refractivity contribution >= 4 is 11.7 Å². The van der Waals surface area contributed by atoms with Crippen LogP contribution < -0.4 is 10.6 Å². The van der Waals surface area contributed by atoms with Gasteiger partial charge in [0.1, 0.15) is 5.82 Å². The zero-order chi connectivity index (χ0) is 15.2. The summed E-state index contributed by atoms with van der Waals surface area (Å²) < 4.78 is 0. The molecular formula is C15H26N4O. The molecule has 0 atom stereocenters. The van der Waals surface area contributed by atoms with Crippen molar-refractivity contribution in [1.29, 1.82) is 0 Å². The van der Waals surface area contributed by atoms with Gasteiger partial charge in [-0.2, -0.15) is 0 Å². The number of rotatable bonds is 7. The summed E-state index contributed by atoms with van der Waals surface area (Å²) in [6, 6.07) is 3.51. The number of nitrogens with zero attached hydrogens (tertiary/aromatic N) is 2. The molecule has 5 nitrogen and oxygen atoms in total. The molecule has 0 saturated carbocycles. The summed E-state index contributed by atoms with van der Waals surface area (Å²) in [6.45, 7) is 8.63. The molecule has 112 valence electrons. The lowest BCUT2D eigenvalue weighted by Gasteiger charge is -2.28. The lowest BCUT2D eigenvalue weighted by Crippen LogP contribution is -2.40. The molecule has 1 heterocycles. The van der Waals surface area contributed by atoms with Gasteiger partial charge in [-0.15, -0.1) is 0 Å². The molecule has 0 aromatic carbocycles. The first-order valence-electron chi connectivity index (χ1n) is 6.97. The summed E-state index contributed by atoms with van der Waals surface area (Å²) in [7, 11) is 4.07. The monoisotopic (exact) mass is 278 g/mol. The van der Waals surface area contributed by atoms with E-state index in [-0.39, 0.29) is 11.3 Å². The van der Waals surface area contributed by atoms with E-state index in [4.69, 9.17) is 0 Å².